The number of allylic oxidation sites excluding steroid dienone is 1. The molecule has 0 bridgehead atoms. The van der Waals surface area contributed by atoms with E-state index in [0.29, 0.717) is 0 Å². The Morgan fingerprint density at radius 2 is 1.64 bits per heavy atom. The monoisotopic (exact) mass is 356 g/mol. The van der Waals surface area contributed by atoms with Crippen LogP contribution in [0.1, 0.15) is 38.2 Å². The van der Waals surface area contributed by atoms with Crippen LogP contribution in [0.5, 0.6) is 0 Å². The molecule has 0 atom stereocenters. The summed E-state index contributed by atoms with van der Waals surface area (Å²) in [6.07, 6.45) is 7.82. The fourth-order valence-electron chi connectivity index (χ4n) is 2.35. The molecule has 0 radical (unpaired) electrons. The molecule has 2 aromatic rings. The molecule has 0 amide bonds. The van der Waals surface area contributed by atoms with Crippen LogP contribution in [0.2, 0.25) is 0 Å². The van der Waals surface area contributed by atoms with Crippen LogP contribution in [0.25, 0.3) is 6.08 Å². The second-order valence-corrected chi connectivity index (χ2v) is 7.41. The molecule has 0 aromatic heterocycles. The van der Waals surface area contributed by atoms with E-state index in [-0.39, 0.29) is 4.90 Å². The smallest absolute Gasteiger partial charge is 0.200 e. The molecule has 0 aliphatic carbocycles. The number of hydrazone groups is 1. The number of nitrogens with zero attached hydrogens (tertiary/aromatic N) is 1. The lowest BCUT2D eigenvalue weighted by atomic mass is 10.1. The van der Waals surface area contributed by atoms with Crippen molar-refractivity contribution in [1.82, 2.24) is 4.83 Å². The average molecular weight is 356 g/mol. The largest absolute Gasteiger partial charge is 0.276 e. The third-order valence-electron chi connectivity index (χ3n) is 3.68. The first-order valence-electron chi connectivity index (χ1n) is 8.47. The van der Waals surface area contributed by atoms with Crippen molar-refractivity contribution < 1.29 is 8.42 Å². The predicted octanol–water partition coefficient (Wildman–Crippen LogP) is 4.61. The van der Waals surface area contributed by atoms with Gasteiger partial charge in [-0.2, -0.15) is 13.5 Å². The fraction of sp³-hybridized carbons (Fsp3) is 0.250. The number of benzene rings is 2. The molecule has 0 aliphatic heterocycles. The van der Waals surface area contributed by atoms with Crippen molar-refractivity contribution >= 4 is 22.3 Å². The van der Waals surface area contributed by atoms with Gasteiger partial charge in [-0.1, -0.05) is 74.4 Å². The second-order valence-electron chi connectivity index (χ2n) is 5.75. The lowest BCUT2D eigenvalue weighted by Crippen LogP contribution is -2.18. The molecule has 132 valence electrons. The van der Waals surface area contributed by atoms with E-state index in [1.165, 1.54) is 0 Å². The minimum absolute atomic E-state index is 0.201. The molecule has 0 saturated carbocycles. The van der Waals surface area contributed by atoms with Gasteiger partial charge in [0.1, 0.15) is 0 Å². The molecule has 0 aliphatic rings. The average Bonchev–Trinajstić information content (AvgIpc) is 2.63. The molecule has 25 heavy (non-hydrogen) atoms. The van der Waals surface area contributed by atoms with Crippen LogP contribution in [0.4, 0.5) is 0 Å². The van der Waals surface area contributed by atoms with Gasteiger partial charge < -0.3 is 0 Å². The first-order chi connectivity index (χ1) is 12.1. The summed E-state index contributed by atoms with van der Waals surface area (Å²) in [5.74, 6) is 0. The van der Waals surface area contributed by atoms with Gasteiger partial charge in [-0.05, 0) is 36.1 Å². The maximum Gasteiger partial charge on any atom is 0.276 e. The van der Waals surface area contributed by atoms with Crippen LogP contribution in [0, 0.1) is 0 Å². The van der Waals surface area contributed by atoms with Crippen molar-refractivity contribution in [2.24, 2.45) is 5.10 Å². The molecule has 5 heteroatoms. The van der Waals surface area contributed by atoms with Crippen molar-refractivity contribution in [3.05, 3.63) is 71.8 Å². The van der Waals surface area contributed by atoms with Gasteiger partial charge in [0, 0.05) is 0 Å². The first kappa shape index (κ1) is 18.9. The summed E-state index contributed by atoms with van der Waals surface area (Å²) < 4.78 is 24.4. The fourth-order valence-corrected chi connectivity index (χ4v) is 3.16. The third-order valence-corrected chi connectivity index (χ3v) is 4.92. The number of sulfonamides is 1. The molecular formula is C20H24N2O2S. The summed E-state index contributed by atoms with van der Waals surface area (Å²) in [4.78, 5) is 2.48. The normalized spacial score (nSPS) is 12.4. The zero-order valence-corrected chi connectivity index (χ0v) is 15.2. The molecule has 1 N–H and O–H groups in total. The highest BCUT2D eigenvalue weighted by molar-refractivity contribution is 7.89. The molecular weight excluding hydrogens is 332 g/mol. The summed E-state index contributed by atoms with van der Waals surface area (Å²) in [6.45, 7) is 2.16. The number of unbranched alkanes of at least 4 members (excludes halogenated alkanes) is 2. The summed E-state index contributed by atoms with van der Waals surface area (Å²) in [7, 11) is -3.63. The van der Waals surface area contributed by atoms with Crippen LogP contribution in [-0.2, 0) is 10.0 Å². The minimum atomic E-state index is -3.63. The number of hydrogen-bond donors (Lipinski definition) is 1. The summed E-state index contributed by atoms with van der Waals surface area (Å²) >= 11 is 0. The highest BCUT2D eigenvalue weighted by Gasteiger charge is 2.11. The van der Waals surface area contributed by atoms with Crippen molar-refractivity contribution in [3.63, 3.8) is 0 Å². The number of rotatable bonds is 9. The predicted molar refractivity (Wildman–Crippen MR) is 104 cm³/mol. The standard InChI is InChI=1S/C20H24N2O2S/c1-2-3-6-13-19(16-18-11-7-4-8-12-18)17-21-22-25(23,24)20-14-9-5-10-15-20/h4-5,7-12,14-17,22H,2-3,6,13H2,1H3/b19-16+,21-17-. The molecule has 0 spiro atoms. The molecule has 2 aromatic carbocycles. The van der Waals surface area contributed by atoms with E-state index >= 15 is 0 Å². The van der Waals surface area contributed by atoms with Gasteiger partial charge in [0.25, 0.3) is 10.0 Å². The number of hydrogen-bond acceptors (Lipinski definition) is 3. The van der Waals surface area contributed by atoms with Gasteiger partial charge in [0.05, 0.1) is 11.1 Å². The molecule has 0 heterocycles. The van der Waals surface area contributed by atoms with Crippen molar-refractivity contribution in [3.8, 4) is 0 Å². The summed E-state index contributed by atoms with van der Waals surface area (Å²) in [5, 5.41) is 3.96. The Morgan fingerprint density at radius 3 is 2.28 bits per heavy atom. The maximum absolute atomic E-state index is 12.2. The topological polar surface area (TPSA) is 58.5 Å². The Balaban J connectivity index is 2.10. The van der Waals surface area contributed by atoms with Crippen molar-refractivity contribution in [1.29, 1.82) is 0 Å². The van der Waals surface area contributed by atoms with Crippen molar-refractivity contribution in [2.45, 2.75) is 37.5 Å². The Labute approximate surface area is 150 Å². The number of nitrogens with one attached hydrogen (secondary N) is 1. The quantitative estimate of drug-likeness (QED) is 0.405. The highest BCUT2D eigenvalue weighted by atomic mass is 32.2. The summed E-state index contributed by atoms with van der Waals surface area (Å²) in [6, 6.07) is 18.2. The lowest BCUT2D eigenvalue weighted by molar-refractivity contribution is 0.584. The third kappa shape index (κ3) is 6.55. The van der Waals surface area contributed by atoms with Crippen LogP contribution in [0.3, 0.4) is 0 Å². The highest BCUT2D eigenvalue weighted by Crippen LogP contribution is 2.13. The SMILES string of the molecule is CCCCCC(/C=N\NS(=O)(=O)c1ccccc1)=C\c1ccccc1. The van der Waals surface area contributed by atoms with E-state index in [2.05, 4.69) is 16.9 Å². The van der Waals surface area contributed by atoms with Gasteiger partial charge in [-0.25, -0.2) is 4.83 Å². The van der Waals surface area contributed by atoms with Gasteiger partial charge in [0.2, 0.25) is 0 Å². The van der Waals surface area contributed by atoms with Crippen LogP contribution in [-0.4, -0.2) is 14.6 Å². The molecule has 2 rings (SSSR count). The van der Waals surface area contributed by atoms with Gasteiger partial charge in [-0.15, -0.1) is 0 Å². The lowest BCUT2D eigenvalue weighted by Gasteiger charge is -2.05. The first-order valence-corrected chi connectivity index (χ1v) is 9.95. The Morgan fingerprint density at radius 1 is 1.00 bits per heavy atom. The van der Waals surface area contributed by atoms with E-state index in [9.17, 15) is 8.42 Å². The van der Waals surface area contributed by atoms with Gasteiger partial charge in [0.15, 0.2) is 0 Å². The Hall–Kier alpha value is -2.40. The molecule has 4 nitrogen and oxygen atoms in total. The maximum atomic E-state index is 12.2. The van der Waals surface area contributed by atoms with E-state index in [0.717, 1.165) is 36.8 Å². The van der Waals surface area contributed by atoms with Crippen LogP contribution in [0.15, 0.2) is 76.2 Å². The van der Waals surface area contributed by atoms with Gasteiger partial charge >= 0.3 is 0 Å². The molecule has 0 unspecified atom stereocenters. The second kappa shape index (κ2) is 9.79. The minimum Gasteiger partial charge on any atom is -0.200 e. The van der Waals surface area contributed by atoms with Crippen LogP contribution >= 0.6 is 0 Å². The molecule has 0 fully saturated rings. The zero-order chi connectivity index (χ0) is 18.0. The van der Waals surface area contributed by atoms with Gasteiger partial charge in [-0.3, -0.25) is 0 Å². The Bertz CT molecular complexity index is 798. The van der Waals surface area contributed by atoms with E-state index in [1.807, 2.05) is 36.4 Å². The van der Waals surface area contributed by atoms with E-state index < -0.39 is 10.0 Å². The molecule has 0 saturated heterocycles. The zero-order valence-electron chi connectivity index (χ0n) is 14.4. The van der Waals surface area contributed by atoms with Crippen molar-refractivity contribution in [2.75, 3.05) is 0 Å². The van der Waals surface area contributed by atoms with Crippen LogP contribution < -0.4 is 4.83 Å². The van der Waals surface area contributed by atoms with E-state index in [1.54, 1.807) is 36.5 Å². The Kier molecular flexibility index (Phi) is 7.41. The summed E-state index contributed by atoms with van der Waals surface area (Å²) in [5.41, 5.74) is 2.07. The van der Waals surface area contributed by atoms with E-state index in [4.69, 9.17) is 0 Å².